The van der Waals surface area contributed by atoms with Crippen LogP contribution in [0.3, 0.4) is 0 Å². The molecule has 0 amide bonds. The minimum Gasteiger partial charge on any atom is -0.463 e. The molecule has 0 heterocycles. The van der Waals surface area contributed by atoms with Crippen molar-refractivity contribution in [2.24, 2.45) is 5.92 Å². The van der Waals surface area contributed by atoms with E-state index in [1.807, 2.05) is 27.7 Å². The van der Waals surface area contributed by atoms with Crippen molar-refractivity contribution in [3.05, 3.63) is 0 Å². The third-order valence-corrected chi connectivity index (χ3v) is 4.90. The molecule has 0 bridgehead atoms. The fraction of sp³-hybridized carbons (Fsp3) is 0.917. The van der Waals surface area contributed by atoms with Crippen molar-refractivity contribution < 1.29 is 19.1 Å². The summed E-state index contributed by atoms with van der Waals surface area (Å²) in [6, 6.07) is 0. The van der Waals surface area contributed by atoms with Gasteiger partial charge in [0.2, 0.25) is 0 Å². The van der Waals surface area contributed by atoms with E-state index < -0.39 is 0 Å². The van der Waals surface area contributed by atoms with Gasteiger partial charge in [-0.25, -0.2) is 0 Å². The summed E-state index contributed by atoms with van der Waals surface area (Å²) in [6.07, 6.45) is 15.7. The lowest BCUT2D eigenvalue weighted by Crippen LogP contribution is -2.12. The number of esters is 2. The molecule has 0 aliphatic heterocycles. The highest BCUT2D eigenvalue weighted by Gasteiger charge is 2.09. The van der Waals surface area contributed by atoms with Gasteiger partial charge >= 0.3 is 11.9 Å². The lowest BCUT2D eigenvalue weighted by atomic mass is 9.97. The van der Waals surface area contributed by atoms with E-state index in [0.29, 0.717) is 18.8 Å². The Balaban J connectivity index is 3.31. The molecular formula is C24H46O4. The van der Waals surface area contributed by atoms with Crippen LogP contribution in [0.2, 0.25) is 0 Å². The largest absolute Gasteiger partial charge is 0.463 e. The molecule has 0 spiro atoms. The lowest BCUT2D eigenvalue weighted by Gasteiger charge is -2.12. The van der Waals surface area contributed by atoms with Crippen LogP contribution in [0.15, 0.2) is 0 Å². The second-order valence-electron chi connectivity index (χ2n) is 8.80. The molecule has 0 rings (SSSR count). The molecular weight excluding hydrogens is 352 g/mol. The van der Waals surface area contributed by atoms with Crippen molar-refractivity contribution in [1.29, 1.82) is 0 Å². The van der Waals surface area contributed by atoms with Crippen molar-refractivity contribution in [2.45, 2.75) is 137 Å². The quantitative estimate of drug-likeness (QED) is 0.184. The average Bonchev–Trinajstić information content (AvgIpc) is 2.59. The van der Waals surface area contributed by atoms with Gasteiger partial charge in [0.1, 0.15) is 0 Å². The normalized spacial score (nSPS) is 12.4. The van der Waals surface area contributed by atoms with Crippen LogP contribution in [0.1, 0.15) is 125 Å². The molecule has 0 saturated heterocycles. The third kappa shape index (κ3) is 19.7. The molecule has 4 nitrogen and oxygen atoms in total. The second kappa shape index (κ2) is 18.0. The van der Waals surface area contributed by atoms with E-state index >= 15 is 0 Å². The summed E-state index contributed by atoms with van der Waals surface area (Å²) < 4.78 is 10.3. The van der Waals surface area contributed by atoms with Gasteiger partial charge in [0.25, 0.3) is 0 Å². The molecule has 28 heavy (non-hydrogen) atoms. The predicted molar refractivity (Wildman–Crippen MR) is 116 cm³/mol. The van der Waals surface area contributed by atoms with Crippen LogP contribution >= 0.6 is 0 Å². The van der Waals surface area contributed by atoms with Crippen LogP contribution in [-0.2, 0) is 19.1 Å². The second-order valence-corrected chi connectivity index (χ2v) is 8.80. The van der Waals surface area contributed by atoms with Gasteiger partial charge in [-0.05, 0) is 46.5 Å². The maximum absolute atomic E-state index is 11.5. The molecule has 0 fully saturated rings. The van der Waals surface area contributed by atoms with Crippen molar-refractivity contribution in [1.82, 2.24) is 0 Å². The zero-order valence-corrected chi connectivity index (χ0v) is 19.3. The molecule has 166 valence electrons. The van der Waals surface area contributed by atoms with Gasteiger partial charge in [0, 0.05) is 12.8 Å². The Bertz CT molecular complexity index is 390. The van der Waals surface area contributed by atoms with Crippen LogP contribution in [0, 0.1) is 5.92 Å². The SMILES string of the molecule is CC(CCCCCCCCCCCCC(=O)OC(C)C)CCC(=O)OC(C)C. The first-order valence-corrected chi connectivity index (χ1v) is 11.7. The van der Waals surface area contributed by atoms with Gasteiger partial charge in [-0.15, -0.1) is 0 Å². The maximum atomic E-state index is 11.5. The number of carbonyl (C=O) groups is 2. The third-order valence-electron chi connectivity index (χ3n) is 4.90. The first kappa shape index (κ1) is 26.9. The number of unbranched alkanes of at least 4 members (excludes halogenated alkanes) is 9. The van der Waals surface area contributed by atoms with E-state index in [1.165, 1.54) is 57.8 Å². The molecule has 4 heteroatoms. The molecule has 1 unspecified atom stereocenters. The Hall–Kier alpha value is -1.06. The van der Waals surface area contributed by atoms with E-state index in [2.05, 4.69) is 6.92 Å². The summed E-state index contributed by atoms with van der Waals surface area (Å²) in [7, 11) is 0. The highest BCUT2D eigenvalue weighted by Crippen LogP contribution is 2.17. The van der Waals surface area contributed by atoms with E-state index in [1.54, 1.807) is 0 Å². The topological polar surface area (TPSA) is 52.6 Å². The first-order chi connectivity index (χ1) is 13.3. The van der Waals surface area contributed by atoms with Gasteiger partial charge in [-0.2, -0.15) is 0 Å². The standard InChI is InChI=1S/C24H46O4/c1-20(2)27-23(25)17-15-13-11-9-7-6-8-10-12-14-16-22(5)18-19-24(26)28-21(3)4/h20-22H,6-19H2,1-5H3. The molecule has 1 atom stereocenters. The molecule has 0 saturated carbocycles. The fourth-order valence-corrected chi connectivity index (χ4v) is 3.33. The molecule has 0 N–H and O–H groups in total. The molecule has 0 aliphatic rings. The van der Waals surface area contributed by atoms with E-state index in [9.17, 15) is 9.59 Å². The number of ether oxygens (including phenoxy) is 2. The van der Waals surface area contributed by atoms with E-state index in [-0.39, 0.29) is 24.1 Å². The Morgan fingerprint density at radius 1 is 0.536 bits per heavy atom. The van der Waals surface area contributed by atoms with Crippen molar-refractivity contribution in [2.75, 3.05) is 0 Å². The minimum absolute atomic E-state index is 0.00340. The van der Waals surface area contributed by atoms with Crippen LogP contribution < -0.4 is 0 Å². The summed E-state index contributed by atoms with van der Waals surface area (Å²) in [4.78, 5) is 23.0. The van der Waals surface area contributed by atoms with Gasteiger partial charge < -0.3 is 9.47 Å². The molecule has 0 aliphatic carbocycles. The van der Waals surface area contributed by atoms with Crippen molar-refractivity contribution in [3.8, 4) is 0 Å². The Kier molecular flexibility index (Phi) is 17.3. The Morgan fingerprint density at radius 2 is 0.929 bits per heavy atom. The summed E-state index contributed by atoms with van der Waals surface area (Å²) in [5, 5.41) is 0. The Morgan fingerprint density at radius 3 is 1.39 bits per heavy atom. The van der Waals surface area contributed by atoms with Crippen molar-refractivity contribution in [3.63, 3.8) is 0 Å². The van der Waals surface area contributed by atoms with Crippen molar-refractivity contribution >= 4 is 11.9 Å². The number of rotatable bonds is 18. The highest BCUT2D eigenvalue weighted by molar-refractivity contribution is 5.69. The summed E-state index contributed by atoms with van der Waals surface area (Å²) in [5.41, 5.74) is 0. The number of hydrogen-bond donors (Lipinski definition) is 0. The van der Waals surface area contributed by atoms with Gasteiger partial charge in [0.05, 0.1) is 12.2 Å². The summed E-state index contributed by atoms with van der Waals surface area (Å²) in [5.74, 6) is 0.495. The van der Waals surface area contributed by atoms with E-state index in [0.717, 1.165) is 19.3 Å². The van der Waals surface area contributed by atoms with Crippen LogP contribution in [0.5, 0.6) is 0 Å². The number of hydrogen-bond acceptors (Lipinski definition) is 4. The van der Waals surface area contributed by atoms with Crippen LogP contribution in [0.4, 0.5) is 0 Å². The minimum atomic E-state index is -0.0580. The van der Waals surface area contributed by atoms with Gasteiger partial charge in [-0.3, -0.25) is 9.59 Å². The Labute approximate surface area is 174 Å². The molecule has 0 aromatic carbocycles. The molecule has 0 radical (unpaired) electrons. The number of carbonyl (C=O) groups excluding carboxylic acids is 2. The smallest absolute Gasteiger partial charge is 0.306 e. The average molecular weight is 399 g/mol. The summed E-state index contributed by atoms with van der Waals surface area (Å²) >= 11 is 0. The fourth-order valence-electron chi connectivity index (χ4n) is 3.33. The maximum Gasteiger partial charge on any atom is 0.306 e. The predicted octanol–water partition coefficient (Wildman–Crippen LogP) is 6.99. The zero-order chi connectivity index (χ0) is 21.2. The van der Waals surface area contributed by atoms with Crippen LogP contribution in [-0.4, -0.2) is 24.1 Å². The molecule has 0 aromatic heterocycles. The molecule has 0 aromatic rings. The first-order valence-electron chi connectivity index (χ1n) is 11.7. The zero-order valence-electron chi connectivity index (χ0n) is 19.3. The highest BCUT2D eigenvalue weighted by atomic mass is 16.5. The monoisotopic (exact) mass is 398 g/mol. The summed E-state index contributed by atoms with van der Waals surface area (Å²) in [6.45, 7) is 9.82. The van der Waals surface area contributed by atoms with E-state index in [4.69, 9.17) is 9.47 Å². The van der Waals surface area contributed by atoms with Crippen LogP contribution in [0.25, 0.3) is 0 Å². The lowest BCUT2D eigenvalue weighted by molar-refractivity contribution is -0.148. The van der Waals surface area contributed by atoms with Gasteiger partial charge in [0.15, 0.2) is 0 Å². The van der Waals surface area contributed by atoms with Gasteiger partial charge in [-0.1, -0.05) is 71.1 Å².